The van der Waals surface area contributed by atoms with Crippen molar-refractivity contribution in [1.29, 1.82) is 0 Å². The van der Waals surface area contributed by atoms with Gasteiger partial charge >= 0.3 is 7.82 Å². The van der Waals surface area contributed by atoms with Gasteiger partial charge in [0.2, 0.25) is 0 Å². The van der Waals surface area contributed by atoms with Gasteiger partial charge in [0.05, 0.1) is 0 Å². The molecular formula is C3H8ClO4P. The number of hydrogen-bond donors (Lipinski definition) is 3. The van der Waals surface area contributed by atoms with Crippen LogP contribution in [0.3, 0.4) is 0 Å². The third-order valence-corrected chi connectivity index (χ3v) is 0.378. The van der Waals surface area contributed by atoms with Crippen molar-refractivity contribution in [2.45, 2.75) is 6.92 Å². The molecule has 0 aliphatic carbocycles. The van der Waals surface area contributed by atoms with Crippen LogP contribution in [0.15, 0.2) is 11.6 Å². The molecule has 0 heterocycles. The molecule has 0 amide bonds. The van der Waals surface area contributed by atoms with E-state index in [1.165, 1.54) is 5.54 Å². The maximum atomic E-state index is 8.88. The Morgan fingerprint density at radius 3 is 1.56 bits per heavy atom. The first kappa shape index (κ1) is 11.9. The summed E-state index contributed by atoms with van der Waals surface area (Å²) < 4.78 is 8.88. The van der Waals surface area contributed by atoms with Crippen molar-refractivity contribution in [2.75, 3.05) is 0 Å². The van der Waals surface area contributed by atoms with Crippen LogP contribution >= 0.6 is 19.4 Å². The summed E-state index contributed by atoms with van der Waals surface area (Å²) in [4.78, 5) is 21.6. The summed E-state index contributed by atoms with van der Waals surface area (Å²) in [6.07, 6.45) is 1.77. The molecule has 0 atom stereocenters. The molecule has 0 rings (SSSR count). The zero-order chi connectivity index (χ0) is 7.91. The Morgan fingerprint density at radius 2 is 1.56 bits per heavy atom. The fourth-order valence-corrected chi connectivity index (χ4v) is 0. The Balaban J connectivity index is 0. The van der Waals surface area contributed by atoms with Crippen LogP contribution in [0.25, 0.3) is 0 Å². The fraction of sp³-hybridized carbons (Fsp3) is 0.333. The molecule has 0 aliphatic heterocycles. The molecule has 0 bridgehead atoms. The van der Waals surface area contributed by atoms with Crippen LogP contribution in [0.4, 0.5) is 0 Å². The number of rotatable bonds is 0. The molecule has 0 fully saturated rings. The van der Waals surface area contributed by atoms with Crippen LogP contribution in [-0.2, 0) is 4.57 Å². The van der Waals surface area contributed by atoms with Crippen LogP contribution in [0.5, 0.6) is 0 Å². The van der Waals surface area contributed by atoms with E-state index < -0.39 is 7.82 Å². The first-order valence-corrected chi connectivity index (χ1v) is 3.91. The monoisotopic (exact) mass is 174 g/mol. The van der Waals surface area contributed by atoms with Gasteiger partial charge in [-0.1, -0.05) is 17.7 Å². The zero-order valence-corrected chi connectivity index (χ0v) is 6.38. The molecule has 0 aromatic rings. The summed E-state index contributed by atoms with van der Waals surface area (Å²) in [5.41, 5.74) is 1.47. The van der Waals surface area contributed by atoms with Crippen molar-refractivity contribution < 1.29 is 19.2 Å². The van der Waals surface area contributed by atoms with E-state index in [9.17, 15) is 0 Å². The van der Waals surface area contributed by atoms with E-state index in [1.807, 2.05) is 6.92 Å². The van der Waals surface area contributed by atoms with Gasteiger partial charge in [0.15, 0.2) is 0 Å². The van der Waals surface area contributed by atoms with Gasteiger partial charge in [-0.2, -0.15) is 0 Å². The highest BCUT2D eigenvalue weighted by molar-refractivity contribution is 7.45. The summed E-state index contributed by atoms with van der Waals surface area (Å²) in [6, 6.07) is 0. The molecule has 0 radical (unpaired) electrons. The summed E-state index contributed by atoms with van der Waals surface area (Å²) in [7, 11) is -4.64. The first-order chi connectivity index (χ1) is 3.91. The lowest BCUT2D eigenvalue weighted by Crippen LogP contribution is -1.66. The van der Waals surface area contributed by atoms with Crippen molar-refractivity contribution in [3.05, 3.63) is 11.6 Å². The third-order valence-electron chi connectivity index (χ3n) is 0.126. The predicted molar refractivity (Wildman–Crippen MR) is 34.9 cm³/mol. The second-order valence-corrected chi connectivity index (χ2v) is 2.25. The summed E-state index contributed by atoms with van der Waals surface area (Å²) in [5, 5.41) is 0. The van der Waals surface area contributed by atoms with E-state index in [1.54, 1.807) is 6.08 Å². The molecule has 0 spiro atoms. The zero-order valence-electron chi connectivity index (χ0n) is 4.73. The second kappa shape index (κ2) is 6.26. The smallest absolute Gasteiger partial charge is 0.303 e. The highest BCUT2D eigenvalue weighted by Gasteiger charge is 2.00. The Labute approximate surface area is 58.0 Å². The van der Waals surface area contributed by atoms with E-state index in [2.05, 4.69) is 0 Å². The molecule has 0 unspecified atom stereocenters. The van der Waals surface area contributed by atoms with Crippen molar-refractivity contribution in [2.24, 2.45) is 0 Å². The second-order valence-electron chi connectivity index (χ2n) is 0.973. The van der Waals surface area contributed by atoms with Crippen molar-refractivity contribution in [3.63, 3.8) is 0 Å². The summed E-state index contributed by atoms with van der Waals surface area (Å²) in [5.74, 6) is 0. The topological polar surface area (TPSA) is 77.8 Å². The average Bonchev–Trinajstić information content (AvgIpc) is 1.61. The van der Waals surface area contributed by atoms with Gasteiger partial charge in [0.1, 0.15) is 0 Å². The van der Waals surface area contributed by atoms with Crippen molar-refractivity contribution in [3.8, 4) is 0 Å². The van der Waals surface area contributed by atoms with Gasteiger partial charge in [-0.3, -0.25) is 0 Å². The summed E-state index contributed by atoms with van der Waals surface area (Å²) in [6.45, 7) is 1.87. The highest BCUT2D eigenvalue weighted by atomic mass is 35.5. The lowest BCUT2D eigenvalue weighted by Gasteiger charge is -1.82. The molecule has 0 aromatic carbocycles. The molecule has 0 aliphatic rings. The van der Waals surface area contributed by atoms with Crippen LogP contribution in [0, 0.1) is 0 Å². The van der Waals surface area contributed by atoms with Gasteiger partial charge in [0, 0.05) is 0 Å². The molecule has 6 heteroatoms. The minimum Gasteiger partial charge on any atom is -0.303 e. The predicted octanol–water partition coefficient (Wildman–Crippen LogP) is 0.830. The third kappa shape index (κ3) is 236. The van der Waals surface area contributed by atoms with Crippen LogP contribution in [0.2, 0.25) is 0 Å². The van der Waals surface area contributed by atoms with Gasteiger partial charge in [-0.05, 0) is 12.5 Å². The highest BCUT2D eigenvalue weighted by Crippen LogP contribution is 2.25. The van der Waals surface area contributed by atoms with Crippen molar-refractivity contribution >= 4 is 19.4 Å². The standard InChI is InChI=1S/C3H5Cl.H3O4P/c1-2-3-4;1-5(2,3)4/h2-3H,1H3;(H3,1,2,3,4). The van der Waals surface area contributed by atoms with E-state index in [-0.39, 0.29) is 0 Å². The molecule has 4 nitrogen and oxygen atoms in total. The normalized spacial score (nSPS) is 10.8. The largest absolute Gasteiger partial charge is 0.466 e. The molecule has 9 heavy (non-hydrogen) atoms. The SMILES string of the molecule is CC=CCl.O=P(O)(O)O. The number of allylic oxidation sites excluding steroid dienone is 1. The Kier molecular flexibility index (Phi) is 8.27. The Morgan fingerprint density at radius 1 is 1.44 bits per heavy atom. The van der Waals surface area contributed by atoms with Gasteiger partial charge < -0.3 is 14.7 Å². The van der Waals surface area contributed by atoms with Crippen molar-refractivity contribution in [1.82, 2.24) is 0 Å². The fourth-order valence-electron chi connectivity index (χ4n) is 0. The average molecular weight is 175 g/mol. The molecular weight excluding hydrogens is 166 g/mol. The maximum Gasteiger partial charge on any atom is 0.466 e. The van der Waals surface area contributed by atoms with E-state index in [0.717, 1.165) is 0 Å². The minimum absolute atomic E-state index is 1.47. The lowest BCUT2D eigenvalue weighted by atomic mass is 10.8. The quantitative estimate of drug-likeness (QED) is 0.476. The lowest BCUT2D eigenvalue weighted by molar-refractivity contribution is 0.275. The molecule has 3 N–H and O–H groups in total. The van der Waals surface area contributed by atoms with E-state index in [0.29, 0.717) is 0 Å². The van der Waals surface area contributed by atoms with Gasteiger partial charge in [0.25, 0.3) is 0 Å². The Bertz CT molecular complexity index is 105. The van der Waals surface area contributed by atoms with Crippen LogP contribution < -0.4 is 0 Å². The maximum absolute atomic E-state index is 8.88. The first-order valence-electron chi connectivity index (χ1n) is 1.91. The number of halogens is 1. The minimum atomic E-state index is -4.64. The van der Waals surface area contributed by atoms with Gasteiger partial charge in [-0.15, -0.1) is 0 Å². The molecule has 0 saturated heterocycles. The number of phosphoric acid groups is 1. The molecule has 0 aromatic heterocycles. The molecule has 0 saturated carbocycles. The summed E-state index contributed by atoms with van der Waals surface area (Å²) >= 11 is 5.01. The van der Waals surface area contributed by atoms with E-state index >= 15 is 0 Å². The van der Waals surface area contributed by atoms with E-state index in [4.69, 9.17) is 30.8 Å². The number of hydrogen-bond acceptors (Lipinski definition) is 1. The van der Waals surface area contributed by atoms with Gasteiger partial charge in [-0.25, -0.2) is 4.57 Å². The van der Waals surface area contributed by atoms with Crippen LogP contribution in [0.1, 0.15) is 6.92 Å². The molecule has 56 valence electrons. The van der Waals surface area contributed by atoms with Crippen LogP contribution in [-0.4, -0.2) is 14.7 Å². The Hall–Kier alpha value is 0.140.